The number of nitrogens with two attached hydrogens (primary N) is 1. The molecule has 1 aliphatic heterocycles. The predicted octanol–water partition coefficient (Wildman–Crippen LogP) is 4.31. The second-order valence-corrected chi connectivity index (χ2v) is 7.75. The van der Waals surface area contributed by atoms with Crippen molar-refractivity contribution in [1.82, 2.24) is 5.32 Å². The van der Waals surface area contributed by atoms with Crippen molar-refractivity contribution in [2.75, 3.05) is 24.5 Å². The zero-order chi connectivity index (χ0) is 18.7. The van der Waals surface area contributed by atoms with E-state index in [1.165, 1.54) is 11.3 Å². The number of aryl methyl sites for hydroxylation is 1. The minimum absolute atomic E-state index is 0. The lowest BCUT2D eigenvalue weighted by molar-refractivity contribution is -0.126. The Morgan fingerprint density at radius 2 is 1.93 bits per heavy atom. The number of carbonyl (C=O) groups is 1. The number of benzene rings is 2. The van der Waals surface area contributed by atoms with Gasteiger partial charge in [-0.05, 0) is 49.4 Å². The van der Waals surface area contributed by atoms with Crippen molar-refractivity contribution in [2.24, 2.45) is 11.7 Å². The maximum atomic E-state index is 12.6. The number of nitrogens with one attached hydrogen (secondary N) is 1. The average molecular weight is 445 g/mol. The van der Waals surface area contributed by atoms with E-state index in [1.54, 1.807) is 6.92 Å². The van der Waals surface area contributed by atoms with Crippen molar-refractivity contribution in [3.8, 4) is 0 Å². The summed E-state index contributed by atoms with van der Waals surface area (Å²) in [5.74, 6) is 0.269. The van der Waals surface area contributed by atoms with E-state index in [1.807, 2.05) is 48.5 Å². The molecule has 0 radical (unpaired) electrons. The normalized spacial score (nSPS) is 17.9. The largest absolute Gasteiger partial charge is 0.371 e. The van der Waals surface area contributed by atoms with Crippen LogP contribution < -0.4 is 16.0 Å². The minimum atomic E-state index is -1.02. The third-order valence-corrected chi connectivity index (χ3v) is 5.43. The molecule has 0 spiro atoms. The third-order valence-electron chi connectivity index (χ3n) is 5.19. The molecule has 1 heterocycles. The quantitative estimate of drug-likeness (QED) is 0.722. The topological polar surface area (TPSA) is 58.4 Å². The molecule has 7 heteroatoms. The number of hydrogen-bond donors (Lipinski definition) is 2. The Kier molecular flexibility index (Phi) is 9.09. The summed E-state index contributed by atoms with van der Waals surface area (Å²) in [5.41, 5.74) is 8.48. The van der Waals surface area contributed by atoms with E-state index in [0.717, 1.165) is 30.1 Å². The lowest BCUT2D eigenvalue weighted by Gasteiger charge is -2.25. The maximum absolute atomic E-state index is 12.6. The van der Waals surface area contributed by atoms with Crippen LogP contribution >= 0.6 is 36.4 Å². The molecule has 3 rings (SSSR count). The minimum Gasteiger partial charge on any atom is -0.371 e. The average Bonchev–Trinajstić information content (AvgIpc) is 3.11. The van der Waals surface area contributed by atoms with Gasteiger partial charge < -0.3 is 16.0 Å². The monoisotopic (exact) mass is 443 g/mol. The fourth-order valence-corrected chi connectivity index (χ4v) is 3.64. The van der Waals surface area contributed by atoms with Gasteiger partial charge in [-0.1, -0.05) is 48.0 Å². The Bertz CT molecular complexity index is 784. The van der Waals surface area contributed by atoms with Gasteiger partial charge in [0.1, 0.15) is 5.54 Å². The molecule has 2 unspecified atom stereocenters. The number of carbonyl (C=O) groups excluding carboxylic acids is 1. The highest BCUT2D eigenvalue weighted by atomic mass is 35.5. The summed E-state index contributed by atoms with van der Waals surface area (Å²) in [6.45, 7) is 6.37. The van der Waals surface area contributed by atoms with E-state index < -0.39 is 5.54 Å². The van der Waals surface area contributed by atoms with Crippen LogP contribution in [-0.4, -0.2) is 25.5 Å². The molecule has 2 atom stereocenters. The molecule has 1 saturated heterocycles. The molecule has 3 N–H and O–H groups in total. The van der Waals surface area contributed by atoms with E-state index in [9.17, 15) is 4.79 Å². The molecule has 1 fully saturated rings. The van der Waals surface area contributed by atoms with E-state index in [0.29, 0.717) is 12.5 Å². The molecule has 154 valence electrons. The molecule has 4 nitrogen and oxygen atoms in total. The van der Waals surface area contributed by atoms with Crippen molar-refractivity contribution in [1.29, 1.82) is 0 Å². The number of halogens is 3. The highest BCUT2D eigenvalue weighted by molar-refractivity contribution is 6.30. The number of nitrogens with zero attached hydrogens (tertiary/aromatic N) is 1. The van der Waals surface area contributed by atoms with E-state index in [2.05, 4.69) is 17.1 Å². The van der Waals surface area contributed by atoms with Crippen LogP contribution in [0.15, 0.2) is 48.5 Å². The molecule has 2 aromatic rings. The summed E-state index contributed by atoms with van der Waals surface area (Å²) < 4.78 is 0. The van der Waals surface area contributed by atoms with Gasteiger partial charge in [-0.2, -0.15) is 0 Å². The molecule has 0 saturated carbocycles. The van der Waals surface area contributed by atoms with Crippen LogP contribution in [0.5, 0.6) is 0 Å². The Labute approximate surface area is 184 Å². The summed E-state index contributed by atoms with van der Waals surface area (Å²) in [4.78, 5) is 14.9. The molecule has 1 amide bonds. The summed E-state index contributed by atoms with van der Waals surface area (Å²) in [6.07, 6.45) is 1.04. The van der Waals surface area contributed by atoms with E-state index >= 15 is 0 Å². The molecule has 0 bridgehead atoms. The molecular weight excluding hydrogens is 417 g/mol. The first kappa shape index (κ1) is 24.6. The van der Waals surface area contributed by atoms with Crippen LogP contribution in [0.3, 0.4) is 0 Å². The summed E-state index contributed by atoms with van der Waals surface area (Å²) in [6, 6.07) is 15.5. The maximum Gasteiger partial charge on any atom is 0.244 e. The standard InChI is InChI=1S/C21H26ClN3O.2ClH/c1-15-8-9-18(22)12-19(15)25-11-10-16(14-25)13-24-20(26)21(2,23)17-6-4-3-5-7-17;;/h3-9,12,16H,10-11,13-14,23H2,1-2H3,(H,24,26);2*1H. The fraction of sp³-hybridized carbons (Fsp3) is 0.381. The smallest absolute Gasteiger partial charge is 0.244 e. The van der Waals surface area contributed by atoms with Crippen LogP contribution in [0.4, 0.5) is 5.69 Å². The van der Waals surface area contributed by atoms with Crippen molar-refractivity contribution >= 4 is 48.0 Å². The number of hydrogen-bond acceptors (Lipinski definition) is 3. The van der Waals surface area contributed by atoms with Crippen LogP contribution in [0, 0.1) is 12.8 Å². The molecular formula is C21H28Cl3N3O. The van der Waals surface area contributed by atoms with Crippen molar-refractivity contribution in [3.63, 3.8) is 0 Å². The highest BCUT2D eigenvalue weighted by Crippen LogP contribution is 2.29. The van der Waals surface area contributed by atoms with Gasteiger partial charge in [0.05, 0.1) is 0 Å². The Balaban J connectivity index is 0.00000196. The number of anilines is 1. The second-order valence-electron chi connectivity index (χ2n) is 7.31. The van der Waals surface area contributed by atoms with Crippen molar-refractivity contribution in [2.45, 2.75) is 25.8 Å². The van der Waals surface area contributed by atoms with Crippen LogP contribution in [0.2, 0.25) is 5.02 Å². The first-order valence-electron chi connectivity index (χ1n) is 9.01. The van der Waals surface area contributed by atoms with Gasteiger partial charge in [-0.15, -0.1) is 24.8 Å². The Hall–Kier alpha value is -1.46. The zero-order valence-corrected chi connectivity index (χ0v) is 18.5. The Morgan fingerprint density at radius 1 is 1.25 bits per heavy atom. The van der Waals surface area contributed by atoms with Crippen molar-refractivity contribution in [3.05, 3.63) is 64.7 Å². The lowest BCUT2D eigenvalue weighted by Crippen LogP contribution is -2.50. The zero-order valence-electron chi connectivity index (χ0n) is 16.2. The van der Waals surface area contributed by atoms with Gasteiger partial charge in [-0.3, -0.25) is 4.79 Å². The summed E-state index contributed by atoms with van der Waals surface area (Å²) in [7, 11) is 0. The Morgan fingerprint density at radius 3 is 2.61 bits per heavy atom. The van der Waals surface area contributed by atoms with Crippen LogP contribution in [0.25, 0.3) is 0 Å². The van der Waals surface area contributed by atoms with Gasteiger partial charge in [-0.25, -0.2) is 0 Å². The summed E-state index contributed by atoms with van der Waals surface area (Å²) >= 11 is 6.15. The SMILES string of the molecule is Cc1ccc(Cl)cc1N1CCC(CNC(=O)C(C)(N)c2ccccc2)C1.Cl.Cl. The van der Waals surface area contributed by atoms with Gasteiger partial charge >= 0.3 is 0 Å². The first-order valence-corrected chi connectivity index (χ1v) is 9.39. The summed E-state index contributed by atoms with van der Waals surface area (Å²) in [5, 5.41) is 3.80. The van der Waals surface area contributed by atoms with Crippen LogP contribution in [-0.2, 0) is 10.3 Å². The lowest BCUT2D eigenvalue weighted by atomic mass is 9.92. The molecule has 1 aliphatic rings. The fourth-order valence-electron chi connectivity index (χ4n) is 3.48. The number of amides is 1. The van der Waals surface area contributed by atoms with Gasteiger partial charge in [0.15, 0.2) is 0 Å². The third kappa shape index (κ3) is 5.54. The second kappa shape index (κ2) is 10.4. The molecule has 2 aromatic carbocycles. The molecule has 28 heavy (non-hydrogen) atoms. The number of rotatable bonds is 5. The predicted molar refractivity (Wildman–Crippen MR) is 122 cm³/mol. The van der Waals surface area contributed by atoms with Crippen molar-refractivity contribution < 1.29 is 4.79 Å². The highest BCUT2D eigenvalue weighted by Gasteiger charge is 2.31. The van der Waals surface area contributed by atoms with E-state index in [4.69, 9.17) is 17.3 Å². The first-order chi connectivity index (χ1) is 12.4. The van der Waals surface area contributed by atoms with Crippen LogP contribution in [0.1, 0.15) is 24.5 Å². The molecule has 0 aromatic heterocycles. The van der Waals surface area contributed by atoms with Gasteiger partial charge in [0.25, 0.3) is 0 Å². The van der Waals surface area contributed by atoms with E-state index in [-0.39, 0.29) is 30.7 Å². The van der Waals surface area contributed by atoms with Gasteiger partial charge in [0.2, 0.25) is 5.91 Å². The molecule has 0 aliphatic carbocycles. The van der Waals surface area contributed by atoms with Gasteiger partial charge in [0, 0.05) is 30.3 Å².